The van der Waals surface area contributed by atoms with Crippen LogP contribution >= 0.6 is 23.1 Å². The van der Waals surface area contributed by atoms with Gasteiger partial charge in [0.25, 0.3) is 0 Å². The summed E-state index contributed by atoms with van der Waals surface area (Å²) in [6.07, 6.45) is 3.06. The number of nitrogens with one attached hydrogen (secondary N) is 1. The lowest BCUT2D eigenvalue weighted by molar-refractivity contribution is 0.0690. The van der Waals surface area contributed by atoms with Crippen molar-refractivity contribution in [3.05, 3.63) is 10.6 Å². The molecule has 0 aliphatic heterocycles. The minimum Gasteiger partial charge on any atom is -0.476 e. The fraction of sp³-hybridized carbons (Fsp3) is 0.600. The fourth-order valence-electron chi connectivity index (χ4n) is 1.29. The smallest absolute Gasteiger partial charge is 0.355 e. The second-order valence-corrected chi connectivity index (χ2v) is 5.55. The molecule has 1 atom stereocenters. The molecule has 0 saturated carbocycles. The predicted octanol–water partition coefficient (Wildman–Crippen LogP) is 2.70. The van der Waals surface area contributed by atoms with Crippen molar-refractivity contribution in [3.8, 4) is 0 Å². The van der Waals surface area contributed by atoms with Crippen LogP contribution in [0, 0.1) is 6.92 Å². The molecular weight excluding hydrogens is 244 g/mol. The lowest BCUT2D eigenvalue weighted by Gasteiger charge is -2.14. The van der Waals surface area contributed by atoms with Crippen LogP contribution < -0.4 is 5.32 Å². The molecule has 0 spiro atoms. The van der Waals surface area contributed by atoms with E-state index in [0.29, 0.717) is 11.2 Å². The quantitative estimate of drug-likeness (QED) is 0.823. The number of anilines is 1. The van der Waals surface area contributed by atoms with Gasteiger partial charge in [0.05, 0.1) is 0 Å². The first-order valence-electron chi connectivity index (χ1n) is 5.04. The van der Waals surface area contributed by atoms with E-state index < -0.39 is 5.97 Å². The SMILES string of the molecule is CCC(CSC)Nc1nc(C(=O)O)c(C)s1. The van der Waals surface area contributed by atoms with Crippen LogP contribution in [0.1, 0.15) is 28.7 Å². The summed E-state index contributed by atoms with van der Waals surface area (Å²) in [6, 6.07) is 0.349. The number of thioether (sulfide) groups is 1. The van der Waals surface area contributed by atoms with Gasteiger partial charge in [-0.15, -0.1) is 11.3 Å². The van der Waals surface area contributed by atoms with Gasteiger partial charge in [-0.2, -0.15) is 11.8 Å². The number of aromatic nitrogens is 1. The molecule has 1 aromatic heterocycles. The lowest BCUT2D eigenvalue weighted by atomic mass is 10.3. The number of hydrogen-bond donors (Lipinski definition) is 2. The van der Waals surface area contributed by atoms with Crippen molar-refractivity contribution < 1.29 is 9.90 Å². The minimum atomic E-state index is -0.959. The van der Waals surface area contributed by atoms with Crippen LogP contribution in [0.3, 0.4) is 0 Å². The number of aryl methyl sites for hydroxylation is 1. The van der Waals surface area contributed by atoms with Gasteiger partial charge in [-0.25, -0.2) is 9.78 Å². The highest BCUT2D eigenvalue weighted by Gasteiger charge is 2.15. The van der Waals surface area contributed by atoms with Gasteiger partial charge in [0.1, 0.15) is 0 Å². The third kappa shape index (κ3) is 3.38. The molecule has 0 aromatic carbocycles. The number of thiazole rings is 1. The zero-order valence-corrected chi connectivity index (χ0v) is 11.2. The summed E-state index contributed by atoms with van der Waals surface area (Å²) >= 11 is 3.17. The first kappa shape index (κ1) is 13.3. The van der Waals surface area contributed by atoms with E-state index in [9.17, 15) is 4.79 Å². The molecule has 1 rings (SSSR count). The van der Waals surface area contributed by atoms with Gasteiger partial charge in [-0.1, -0.05) is 6.92 Å². The lowest BCUT2D eigenvalue weighted by Crippen LogP contribution is -2.21. The van der Waals surface area contributed by atoms with Crippen molar-refractivity contribution in [1.82, 2.24) is 4.98 Å². The second-order valence-electron chi connectivity index (χ2n) is 3.43. The van der Waals surface area contributed by atoms with Crippen LogP contribution in [-0.2, 0) is 0 Å². The standard InChI is InChI=1S/C10H16N2O2S2/c1-4-7(5-15-3)11-10-12-8(9(13)14)6(2)16-10/h7H,4-5H2,1-3H3,(H,11,12)(H,13,14). The molecule has 1 aromatic rings. The molecule has 1 unspecified atom stereocenters. The maximum Gasteiger partial charge on any atom is 0.355 e. The number of nitrogens with zero attached hydrogens (tertiary/aromatic N) is 1. The summed E-state index contributed by atoms with van der Waals surface area (Å²) in [6.45, 7) is 3.88. The molecule has 90 valence electrons. The zero-order chi connectivity index (χ0) is 12.1. The van der Waals surface area contributed by atoms with Crippen molar-refractivity contribution >= 4 is 34.2 Å². The normalized spacial score (nSPS) is 12.4. The van der Waals surface area contributed by atoms with E-state index >= 15 is 0 Å². The number of hydrogen-bond acceptors (Lipinski definition) is 5. The third-order valence-electron chi connectivity index (χ3n) is 2.19. The van der Waals surface area contributed by atoms with Crippen molar-refractivity contribution in [3.63, 3.8) is 0 Å². The molecular formula is C10H16N2O2S2. The Hall–Kier alpha value is -0.750. The summed E-state index contributed by atoms with van der Waals surface area (Å²) < 4.78 is 0. The van der Waals surface area contributed by atoms with E-state index in [1.807, 2.05) is 0 Å². The van der Waals surface area contributed by atoms with E-state index in [1.165, 1.54) is 11.3 Å². The Labute approximate surface area is 103 Å². The Morgan fingerprint density at radius 3 is 2.81 bits per heavy atom. The molecule has 0 amide bonds. The summed E-state index contributed by atoms with van der Waals surface area (Å²) in [4.78, 5) is 15.7. The van der Waals surface area contributed by atoms with Gasteiger partial charge in [-0.05, 0) is 19.6 Å². The monoisotopic (exact) mass is 260 g/mol. The first-order chi connectivity index (χ1) is 7.58. The minimum absolute atomic E-state index is 0.159. The van der Waals surface area contributed by atoms with Crippen LogP contribution in [0.5, 0.6) is 0 Å². The van der Waals surface area contributed by atoms with Crippen molar-refractivity contribution in [2.45, 2.75) is 26.3 Å². The molecule has 0 aliphatic carbocycles. The summed E-state index contributed by atoms with van der Waals surface area (Å²) in [7, 11) is 0. The average molecular weight is 260 g/mol. The number of aromatic carboxylic acids is 1. The second kappa shape index (κ2) is 6.10. The Balaban J connectivity index is 2.73. The van der Waals surface area contributed by atoms with Crippen LogP contribution in [0.4, 0.5) is 5.13 Å². The molecule has 4 nitrogen and oxygen atoms in total. The van der Waals surface area contributed by atoms with Gasteiger partial charge < -0.3 is 10.4 Å². The predicted molar refractivity (Wildman–Crippen MR) is 69.9 cm³/mol. The molecule has 16 heavy (non-hydrogen) atoms. The molecule has 0 bridgehead atoms. The van der Waals surface area contributed by atoms with Crippen molar-refractivity contribution in [2.24, 2.45) is 0 Å². The summed E-state index contributed by atoms with van der Waals surface area (Å²) in [5.41, 5.74) is 0.159. The van der Waals surface area contributed by atoms with Crippen LogP contribution in [-0.4, -0.2) is 34.1 Å². The highest BCUT2D eigenvalue weighted by atomic mass is 32.2. The van der Waals surface area contributed by atoms with Gasteiger partial charge in [0.15, 0.2) is 10.8 Å². The average Bonchev–Trinajstić information content (AvgIpc) is 2.59. The maximum absolute atomic E-state index is 10.8. The molecule has 0 fully saturated rings. The number of rotatable bonds is 6. The Morgan fingerprint density at radius 1 is 1.69 bits per heavy atom. The van der Waals surface area contributed by atoms with Crippen molar-refractivity contribution in [1.29, 1.82) is 0 Å². The first-order valence-corrected chi connectivity index (χ1v) is 7.25. The summed E-state index contributed by atoms with van der Waals surface area (Å²) in [5.74, 6) is 0.0390. The molecule has 0 saturated heterocycles. The van der Waals surface area contributed by atoms with Gasteiger partial charge >= 0.3 is 5.97 Å². The highest BCUT2D eigenvalue weighted by molar-refractivity contribution is 7.98. The molecule has 6 heteroatoms. The topological polar surface area (TPSA) is 62.2 Å². The van der Waals surface area contributed by atoms with E-state index in [2.05, 4.69) is 23.5 Å². The van der Waals surface area contributed by atoms with E-state index in [0.717, 1.165) is 17.1 Å². The van der Waals surface area contributed by atoms with Gasteiger partial charge in [0, 0.05) is 16.7 Å². The Kier molecular flexibility index (Phi) is 5.08. The molecule has 2 N–H and O–H groups in total. The van der Waals surface area contributed by atoms with Crippen LogP contribution in [0.15, 0.2) is 0 Å². The maximum atomic E-state index is 10.8. The summed E-state index contributed by atoms with van der Waals surface area (Å²) in [5, 5.41) is 12.9. The van der Waals surface area contributed by atoms with Crippen LogP contribution in [0.2, 0.25) is 0 Å². The fourth-order valence-corrected chi connectivity index (χ4v) is 2.90. The number of carbonyl (C=O) groups is 1. The Bertz CT molecular complexity index is 366. The third-order valence-corrected chi connectivity index (χ3v) is 3.83. The molecule has 0 radical (unpaired) electrons. The van der Waals surface area contributed by atoms with E-state index in [1.54, 1.807) is 18.7 Å². The zero-order valence-electron chi connectivity index (χ0n) is 9.61. The number of carboxylic acid groups (broad SMARTS) is 1. The van der Waals surface area contributed by atoms with Crippen LogP contribution in [0.25, 0.3) is 0 Å². The van der Waals surface area contributed by atoms with E-state index in [4.69, 9.17) is 5.11 Å². The van der Waals surface area contributed by atoms with Crippen molar-refractivity contribution in [2.75, 3.05) is 17.3 Å². The molecule has 0 aliphatic rings. The Morgan fingerprint density at radius 2 is 2.38 bits per heavy atom. The molecule has 1 heterocycles. The highest BCUT2D eigenvalue weighted by Crippen LogP contribution is 2.23. The van der Waals surface area contributed by atoms with E-state index in [-0.39, 0.29) is 5.69 Å². The van der Waals surface area contributed by atoms with Gasteiger partial charge in [-0.3, -0.25) is 0 Å². The van der Waals surface area contributed by atoms with Gasteiger partial charge in [0.2, 0.25) is 0 Å². The number of carboxylic acids is 1. The largest absolute Gasteiger partial charge is 0.476 e.